The van der Waals surface area contributed by atoms with E-state index < -0.39 is 12.0 Å². The van der Waals surface area contributed by atoms with Crippen LogP contribution in [0.1, 0.15) is 42.1 Å². The molecule has 0 bridgehead atoms. The number of anilines is 1. The molecule has 3 aliphatic heterocycles. The summed E-state index contributed by atoms with van der Waals surface area (Å²) in [7, 11) is 0. The van der Waals surface area contributed by atoms with Gasteiger partial charge in [0.05, 0.1) is 5.92 Å². The van der Waals surface area contributed by atoms with Gasteiger partial charge in [0.25, 0.3) is 0 Å². The van der Waals surface area contributed by atoms with Gasteiger partial charge in [0.1, 0.15) is 11.9 Å². The van der Waals surface area contributed by atoms with Gasteiger partial charge >= 0.3 is 5.97 Å². The molecule has 0 radical (unpaired) electrons. The van der Waals surface area contributed by atoms with E-state index in [-0.39, 0.29) is 11.8 Å². The van der Waals surface area contributed by atoms with E-state index in [0.717, 1.165) is 62.4 Å². The Morgan fingerprint density at radius 3 is 2.58 bits per heavy atom. The number of carbonyl (C=O) groups excluding carboxylic acids is 1. The molecule has 1 amide bonds. The van der Waals surface area contributed by atoms with Crippen LogP contribution in [0.5, 0.6) is 0 Å². The Balaban J connectivity index is 1.11. The van der Waals surface area contributed by atoms with Crippen LogP contribution in [0.2, 0.25) is 0 Å². The monoisotopic (exact) mass is 448 g/mol. The highest BCUT2D eigenvalue weighted by molar-refractivity contribution is 5.81. The molecule has 5 rings (SSSR count). The van der Waals surface area contributed by atoms with E-state index in [9.17, 15) is 14.7 Å². The Morgan fingerprint density at radius 2 is 1.85 bits per heavy atom. The number of aliphatic carboxylic acids is 1. The number of nitrogens with one attached hydrogen (secondary N) is 1. The first-order chi connectivity index (χ1) is 16.1. The Bertz CT molecular complexity index is 998. The summed E-state index contributed by atoms with van der Waals surface area (Å²) in [6, 6.07) is 13.0. The molecule has 33 heavy (non-hydrogen) atoms. The van der Waals surface area contributed by atoms with E-state index in [1.54, 1.807) is 0 Å². The Hall–Kier alpha value is -2.93. The van der Waals surface area contributed by atoms with Crippen LogP contribution in [0.25, 0.3) is 0 Å². The number of amides is 1. The number of likely N-dealkylation sites (tertiary alicyclic amines) is 2. The number of aromatic nitrogens is 1. The summed E-state index contributed by atoms with van der Waals surface area (Å²) >= 11 is 0. The zero-order chi connectivity index (χ0) is 22.8. The molecular formula is C26H32N4O3. The number of carboxylic acid groups (broad SMARTS) is 1. The lowest BCUT2D eigenvalue weighted by Gasteiger charge is -2.44. The first-order valence-corrected chi connectivity index (χ1v) is 12.1. The normalized spacial score (nSPS) is 20.4. The van der Waals surface area contributed by atoms with Crippen LogP contribution in [0.4, 0.5) is 5.82 Å². The summed E-state index contributed by atoms with van der Waals surface area (Å²) in [4.78, 5) is 33.6. The van der Waals surface area contributed by atoms with Gasteiger partial charge in [-0.15, -0.1) is 0 Å². The molecule has 1 atom stereocenters. The fourth-order valence-electron chi connectivity index (χ4n) is 5.42. The topological polar surface area (TPSA) is 85.8 Å². The van der Waals surface area contributed by atoms with E-state index in [4.69, 9.17) is 4.98 Å². The van der Waals surface area contributed by atoms with E-state index >= 15 is 0 Å². The molecule has 0 saturated carbocycles. The van der Waals surface area contributed by atoms with Gasteiger partial charge in [-0.05, 0) is 55.2 Å². The molecule has 3 aliphatic rings. The summed E-state index contributed by atoms with van der Waals surface area (Å²) < 4.78 is 0. The molecule has 2 saturated heterocycles. The summed E-state index contributed by atoms with van der Waals surface area (Å²) in [6.45, 7) is 3.59. The summed E-state index contributed by atoms with van der Waals surface area (Å²) in [6.07, 6.45) is 5.23. The van der Waals surface area contributed by atoms with Crippen molar-refractivity contribution in [2.24, 2.45) is 11.8 Å². The molecule has 7 nitrogen and oxygen atoms in total. The first-order valence-electron chi connectivity index (χ1n) is 12.1. The minimum absolute atomic E-state index is 0.0968. The highest BCUT2D eigenvalue weighted by Gasteiger charge is 2.42. The predicted octanol–water partition coefficient (Wildman–Crippen LogP) is 2.98. The van der Waals surface area contributed by atoms with Crippen molar-refractivity contribution >= 4 is 17.7 Å². The summed E-state index contributed by atoms with van der Waals surface area (Å²) in [5.74, 6) is 0.823. The molecule has 2 aromatic rings. The van der Waals surface area contributed by atoms with Crippen molar-refractivity contribution in [2.75, 3.05) is 38.0 Å². The quantitative estimate of drug-likeness (QED) is 0.707. The maximum absolute atomic E-state index is 13.0. The number of hydrogen-bond acceptors (Lipinski definition) is 5. The van der Waals surface area contributed by atoms with Gasteiger partial charge in [-0.25, -0.2) is 4.98 Å². The van der Waals surface area contributed by atoms with Crippen molar-refractivity contribution in [3.8, 4) is 0 Å². The molecule has 174 valence electrons. The molecule has 4 heterocycles. The lowest BCUT2D eigenvalue weighted by molar-refractivity contribution is -0.153. The van der Waals surface area contributed by atoms with Crippen LogP contribution >= 0.6 is 0 Å². The largest absolute Gasteiger partial charge is 0.480 e. The molecule has 0 spiro atoms. The molecule has 0 aliphatic carbocycles. The van der Waals surface area contributed by atoms with Gasteiger partial charge in [-0.2, -0.15) is 0 Å². The second kappa shape index (κ2) is 9.51. The van der Waals surface area contributed by atoms with Crippen LogP contribution < -0.4 is 5.32 Å². The molecule has 1 unspecified atom stereocenters. The van der Waals surface area contributed by atoms with Crippen molar-refractivity contribution in [1.82, 2.24) is 14.8 Å². The van der Waals surface area contributed by atoms with Gasteiger partial charge in [-0.1, -0.05) is 36.4 Å². The van der Waals surface area contributed by atoms with Crippen LogP contribution in [0.3, 0.4) is 0 Å². The lowest BCUT2D eigenvalue weighted by atomic mass is 9.89. The van der Waals surface area contributed by atoms with E-state index in [0.29, 0.717) is 19.0 Å². The van der Waals surface area contributed by atoms with E-state index in [1.807, 2.05) is 40.1 Å². The fourth-order valence-corrected chi connectivity index (χ4v) is 5.42. The second-order valence-corrected chi connectivity index (χ2v) is 9.62. The Kier molecular flexibility index (Phi) is 6.31. The minimum Gasteiger partial charge on any atom is -0.480 e. The van der Waals surface area contributed by atoms with Gasteiger partial charge < -0.3 is 15.3 Å². The highest BCUT2D eigenvalue weighted by atomic mass is 16.4. The van der Waals surface area contributed by atoms with Crippen molar-refractivity contribution in [2.45, 2.75) is 38.1 Å². The number of pyridine rings is 1. The van der Waals surface area contributed by atoms with Crippen LogP contribution in [0.15, 0.2) is 42.5 Å². The first kappa shape index (κ1) is 21.9. The van der Waals surface area contributed by atoms with E-state index in [1.165, 1.54) is 12.0 Å². The third-order valence-corrected chi connectivity index (χ3v) is 7.35. The highest BCUT2D eigenvalue weighted by Crippen LogP contribution is 2.31. The summed E-state index contributed by atoms with van der Waals surface area (Å²) in [5.41, 5.74) is 3.23. The number of carboxylic acids is 1. The predicted molar refractivity (Wildman–Crippen MR) is 126 cm³/mol. The molecule has 1 aromatic carbocycles. The maximum atomic E-state index is 13.0. The van der Waals surface area contributed by atoms with Crippen LogP contribution in [-0.2, 0) is 22.4 Å². The number of rotatable bonds is 6. The smallest absolute Gasteiger partial charge is 0.325 e. The number of fused-ring (bicyclic) bond motifs is 1. The maximum Gasteiger partial charge on any atom is 0.325 e. The third-order valence-electron chi connectivity index (χ3n) is 7.35. The minimum atomic E-state index is -0.862. The molecule has 2 N–H and O–H groups in total. The lowest BCUT2D eigenvalue weighted by Crippen LogP contribution is -2.57. The average molecular weight is 449 g/mol. The SMILES string of the molecule is O=C(O)C(c1ccccc1)N1CC(C(=O)N2CCC(Cc3ccc4c(n3)NCCC4)CC2)C1. The Labute approximate surface area is 194 Å². The van der Waals surface area contributed by atoms with Gasteiger partial charge in [0, 0.05) is 38.4 Å². The van der Waals surface area contributed by atoms with Crippen molar-refractivity contribution < 1.29 is 14.7 Å². The zero-order valence-electron chi connectivity index (χ0n) is 18.9. The van der Waals surface area contributed by atoms with Crippen molar-refractivity contribution in [3.63, 3.8) is 0 Å². The molecule has 7 heteroatoms. The molecule has 1 aromatic heterocycles. The number of nitrogens with zero attached hydrogens (tertiary/aromatic N) is 3. The summed E-state index contributed by atoms with van der Waals surface area (Å²) in [5, 5.41) is 13.1. The van der Waals surface area contributed by atoms with Gasteiger partial charge in [0.15, 0.2) is 0 Å². The molecule has 2 fully saturated rings. The fraction of sp³-hybridized carbons (Fsp3) is 0.500. The second-order valence-electron chi connectivity index (χ2n) is 9.62. The standard InChI is InChI=1S/C26H32N4O3/c31-25(21-16-30(17-21)23(26(32)33)19-5-2-1-3-6-19)29-13-10-18(11-14-29)15-22-9-8-20-7-4-12-27-24(20)28-22/h1-3,5-6,8-9,18,21,23H,4,7,10-17H2,(H,27,28)(H,32,33). The van der Waals surface area contributed by atoms with E-state index in [2.05, 4.69) is 17.4 Å². The van der Waals surface area contributed by atoms with Gasteiger partial charge in [-0.3, -0.25) is 14.5 Å². The van der Waals surface area contributed by atoms with Crippen molar-refractivity contribution in [1.29, 1.82) is 0 Å². The van der Waals surface area contributed by atoms with Crippen molar-refractivity contribution in [3.05, 3.63) is 59.3 Å². The number of hydrogen-bond donors (Lipinski definition) is 2. The number of carbonyl (C=O) groups is 2. The van der Waals surface area contributed by atoms with Gasteiger partial charge in [0.2, 0.25) is 5.91 Å². The number of aryl methyl sites for hydroxylation is 1. The zero-order valence-corrected chi connectivity index (χ0v) is 18.9. The van der Waals surface area contributed by atoms with Crippen LogP contribution in [0, 0.1) is 11.8 Å². The number of piperidine rings is 1. The van der Waals surface area contributed by atoms with Crippen LogP contribution in [-0.4, -0.2) is 64.5 Å². The average Bonchev–Trinajstić information content (AvgIpc) is 2.81. The Morgan fingerprint density at radius 1 is 1.09 bits per heavy atom. The number of benzene rings is 1. The third kappa shape index (κ3) is 4.74. The molecular weight excluding hydrogens is 416 g/mol.